The van der Waals surface area contributed by atoms with Gasteiger partial charge in [0.15, 0.2) is 16.1 Å². The maximum absolute atomic E-state index is 5.50. The SMILES string of the molecule is c1ccc(-n2c3ncc([Si]4(c5ccccc5)c5ccccc5-c5ccccc54)cc3c3cc([Si]4(c5ccccc5)c5ccccc5-c5ccccc54)cnc32)cc1. The molecule has 0 saturated heterocycles. The molecule has 0 radical (unpaired) electrons. The molecule has 0 bridgehead atoms. The van der Waals surface area contributed by atoms with Crippen molar-refractivity contribution < 1.29 is 0 Å². The number of fused-ring (bicyclic) bond motifs is 9. The van der Waals surface area contributed by atoms with E-state index in [1.165, 1.54) is 63.7 Å². The lowest BCUT2D eigenvalue weighted by Crippen LogP contribution is -2.73. The van der Waals surface area contributed by atoms with Crippen molar-refractivity contribution in [2.45, 2.75) is 0 Å². The Hall–Kier alpha value is -6.93. The Labute approximate surface area is 333 Å². The van der Waals surface area contributed by atoms with Crippen LogP contribution in [-0.4, -0.2) is 30.7 Å². The second kappa shape index (κ2) is 12.3. The van der Waals surface area contributed by atoms with Crippen LogP contribution in [0.2, 0.25) is 0 Å². The lowest BCUT2D eigenvalue weighted by molar-refractivity contribution is 1.11. The van der Waals surface area contributed by atoms with E-state index >= 15 is 0 Å². The van der Waals surface area contributed by atoms with E-state index in [1.807, 2.05) is 0 Å². The second-order valence-electron chi connectivity index (χ2n) is 15.3. The van der Waals surface area contributed by atoms with Crippen molar-refractivity contribution in [1.82, 2.24) is 14.5 Å². The third kappa shape index (κ3) is 4.30. The summed E-state index contributed by atoms with van der Waals surface area (Å²) in [5.41, 5.74) is 8.20. The molecule has 57 heavy (non-hydrogen) atoms. The largest absolute Gasteiger partial charge is 0.278 e. The summed E-state index contributed by atoms with van der Waals surface area (Å²) in [6, 6.07) is 74.3. The molecule has 0 N–H and O–H groups in total. The first-order valence-corrected chi connectivity index (χ1v) is 23.7. The highest BCUT2D eigenvalue weighted by molar-refractivity contribution is 7.23. The molecule has 3 nitrogen and oxygen atoms in total. The van der Waals surface area contributed by atoms with E-state index in [2.05, 4.69) is 217 Å². The molecule has 5 heterocycles. The van der Waals surface area contributed by atoms with Gasteiger partial charge in [0.25, 0.3) is 0 Å². The summed E-state index contributed by atoms with van der Waals surface area (Å²) in [5, 5.41) is 13.2. The van der Waals surface area contributed by atoms with Gasteiger partial charge in [-0.05, 0) is 88.0 Å². The predicted molar refractivity (Wildman–Crippen MR) is 242 cm³/mol. The monoisotopic (exact) mass is 757 g/mol. The molecule has 2 aliphatic rings. The van der Waals surface area contributed by atoms with Crippen LogP contribution in [0.15, 0.2) is 213 Å². The van der Waals surface area contributed by atoms with Gasteiger partial charge in [-0.2, -0.15) is 0 Å². The topological polar surface area (TPSA) is 30.7 Å². The van der Waals surface area contributed by atoms with E-state index in [1.54, 1.807) is 0 Å². The molecule has 266 valence electrons. The number of aromatic nitrogens is 3. The number of rotatable bonds is 5. The zero-order chi connectivity index (χ0) is 37.6. The van der Waals surface area contributed by atoms with Gasteiger partial charge in [0.05, 0.1) is 0 Å². The Morgan fingerprint density at radius 3 is 1.00 bits per heavy atom. The number of para-hydroxylation sites is 1. The summed E-state index contributed by atoms with van der Waals surface area (Å²) < 4.78 is 2.26. The van der Waals surface area contributed by atoms with Gasteiger partial charge in [0, 0.05) is 28.9 Å². The van der Waals surface area contributed by atoms with Crippen molar-refractivity contribution in [2.75, 3.05) is 0 Å². The number of pyridine rings is 2. The summed E-state index contributed by atoms with van der Waals surface area (Å²) in [7, 11) is -5.57. The van der Waals surface area contributed by atoms with Crippen molar-refractivity contribution in [3.8, 4) is 27.9 Å². The van der Waals surface area contributed by atoms with Crippen LogP contribution in [0.4, 0.5) is 0 Å². The molecular weight excluding hydrogens is 723 g/mol. The lowest BCUT2D eigenvalue weighted by atomic mass is 10.1. The molecule has 7 aromatic carbocycles. The molecule has 12 rings (SSSR count). The van der Waals surface area contributed by atoms with Gasteiger partial charge in [0.2, 0.25) is 0 Å². The van der Waals surface area contributed by atoms with Crippen molar-refractivity contribution in [2.24, 2.45) is 0 Å². The third-order valence-electron chi connectivity index (χ3n) is 12.6. The summed E-state index contributed by atoms with van der Waals surface area (Å²) in [6.07, 6.45) is 4.37. The molecule has 0 unspecified atom stereocenters. The minimum absolute atomic E-state index is 0.920. The van der Waals surface area contributed by atoms with Gasteiger partial charge in [-0.15, -0.1) is 0 Å². The standard InChI is InChI=1S/C52H35N3Si2/c1-4-18-36(19-5-1)55-51-45(32-39(34-53-51)56(37-20-6-2-7-21-37)47-28-14-10-24-41(47)42-25-11-15-29-48(42)56)46-33-40(35-54-52(46)55)57(38-22-8-3-9-23-38)49-30-16-12-26-43(49)44-27-13-17-31-50(44)57/h1-35H. The summed E-state index contributed by atoms with van der Waals surface area (Å²) in [6.45, 7) is 0. The Balaban J connectivity index is 1.21. The lowest BCUT2D eigenvalue weighted by Gasteiger charge is -2.31. The maximum atomic E-state index is 5.50. The number of nitrogens with zero attached hydrogens (tertiary/aromatic N) is 3. The van der Waals surface area contributed by atoms with E-state index in [4.69, 9.17) is 9.97 Å². The molecular formula is C52H35N3Si2. The minimum atomic E-state index is -2.79. The third-order valence-corrected chi connectivity index (χ3v) is 22.3. The average Bonchev–Trinajstić information content (AvgIpc) is 3.90. The highest BCUT2D eigenvalue weighted by Crippen LogP contribution is 2.34. The average molecular weight is 758 g/mol. The first kappa shape index (κ1) is 32.3. The molecule has 2 aliphatic heterocycles. The summed E-state index contributed by atoms with van der Waals surface area (Å²) in [4.78, 5) is 11.0. The van der Waals surface area contributed by atoms with E-state index in [-0.39, 0.29) is 0 Å². The van der Waals surface area contributed by atoms with Gasteiger partial charge >= 0.3 is 0 Å². The van der Waals surface area contributed by atoms with Gasteiger partial charge in [-0.1, -0.05) is 176 Å². The molecule has 0 atom stereocenters. The number of hydrogen-bond acceptors (Lipinski definition) is 2. The Kier molecular flexibility index (Phi) is 6.97. The Bertz CT molecular complexity index is 2910. The first-order valence-electron chi connectivity index (χ1n) is 19.7. The van der Waals surface area contributed by atoms with Gasteiger partial charge in [-0.25, -0.2) is 9.97 Å². The van der Waals surface area contributed by atoms with Crippen LogP contribution in [-0.2, 0) is 0 Å². The fourth-order valence-electron chi connectivity index (χ4n) is 10.4. The fourth-order valence-corrected chi connectivity index (χ4v) is 20.7. The molecule has 5 heteroatoms. The fraction of sp³-hybridized carbons (Fsp3) is 0. The second-order valence-corrected chi connectivity index (χ2v) is 22.7. The molecule has 0 aliphatic carbocycles. The Morgan fingerprint density at radius 2 is 0.632 bits per heavy atom. The van der Waals surface area contributed by atoms with Crippen molar-refractivity contribution in [3.05, 3.63) is 213 Å². The maximum Gasteiger partial charge on any atom is 0.182 e. The van der Waals surface area contributed by atoms with Crippen LogP contribution in [0.1, 0.15) is 0 Å². The number of benzene rings is 7. The summed E-state index contributed by atoms with van der Waals surface area (Å²) in [5.74, 6) is 0. The molecule has 0 spiro atoms. The van der Waals surface area contributed by atoms with Crippen LogP contribution in [0.5, 0.6) is 0 Å². The molecule has 0 fully saturated rings. The van der Waals surface area contributed by atoms with Crippen LogP contribution >= 0.6 is 0 Å². The van der Waals surface area contributed by atoms with Crippen LogP contribution in [0.25, 0.3) is 50.0 Å². The predicted octanol–water partition coefficient (Wildman–Crippen LogP) is 6.29. The number of hydrogen-bond donors (Lipinski definition) is 0. The normalized spacial score (nSPS) is 14.2. The van der Waals surface area contributed by atoms with Crippen molar-refractivity contribution >= 4 is 79.7 Å². The molecule has 0 saturated carbocycles. The zero-order valence-electron chi connectivity index (χ0n) is 31.0. The van der Waals surface area contributed by atoms with Crippen LogP contribution in [0.3, 0.4) is 0 Å². The molecule has 10 aromatic rings. The first-order chi connectivity index (χ1) is 28.3. The quantitative estimate of drug-likeness (QED) is 0.194. The highest BCUT2D eigenvalue weighted by Gasteiger charge is 2.50. The van der Waals surface area contributed by atoms with Gasteiger partial charge in [0.1, 0.15) is 11.3 Å². The molecule has 0 amide bonds. The van der Waals surface area contributed by atoms with E-state index < -0.39 is 16.1 Å². The smallest absolute Gasteiger partial charge is 0.182 e. The van der Waals surface area contributed by atoms with Gasteiger partial charge < -0.3 is 0 Å². The van der Waals surface area contributed by atoms with E-state index in [9.17, 15) is 0 Å². The van der Waals surface area contributed by atoms with Crippen molar-refractivity contribution in [1.29, 1.82) is 0 Å². The highest BCUT2D eigenvalue weighted by atomic mass is 28.3. The van der Waals surface area contributed by atoms with Crippen molar-refractivity contribution in [3.63, 3.8) is 0 Å². The van der Waals surface area contributed by atoms with E-state index in [0.717, 1.165) is 27.8 Å². The summed E-state index contributed by atoms with van der Waals surface area (Å²) >= 11 is 0. The van der Waals surface area contributed by atoms with Crippen LogP contribution < -0.4 is 41.5 Å². The van der Waals surface area contributed by atoms with E-state index in [0.29, 0.717) is 0 Å². The van der Waals surface area contributed by atoms with Crippen LogP contribution in [0, 0.1) is 0 Å². The Morgan fingerprint density at radius 1 is 0.316 bits per heavy atom. The van der Waals surface area contributed by atoms with Gasteiger partial charge in [-0.3, -0.25) is 4.57 Å². The minimum Gasteiger partial charge on any atom is -0.278 e. The zero-order valence-corrected chi connectivity index (χ0v) is 33.0. The molecule has 3 aromatic heterocycles.